The van der Waals surface area contributed by atoms with E-state index in [1.807, 2.05) is 0 Å². The number of aliphatic hydroxyl groups is 1. The number of nitrogens with one attached hydrogen (secondary N) is 1. The van der Waals surface area contributed by atoms with Gasteiger partial charge in [-0.1, -0.05) is 13.8 Å². The summed E-state index contributed by atoms with van der Waals surface area (Å²) in [7, 11) is 1.64. The largest absolute Gasteiger partial charge is 0.389 e. The third-order valence-corrected chi connectivity index (χ3v) is 2.71. The summed E-state index contributed by atoms with van der Waals surface area (Å²) in [6.45, 7) is 10.6. The highest BCUT2D eigenvalue weighted by Crippen LogP contribution is 1.89. The van der Waals surface area contributed by atoms with Crippen LogP contribution in [0.15, 0.2) is 0 Å². The number of nitrogens with zero attached hydrogens (tertiary/aromatic N) is 1. The third-order valence-electron chi connectivity index (χ3n) is 2.71. The summed E-state index contributed by atoms with van der Waals surface area (Å²) < 4.78 is 10.1. The molecule has 18 heavy (non-hydrogen) atoms. The summed E-state index contributed by atoms with van der Waals surface area (Å²) >= 11 is 0. The first-order valence-electron chi connectivity index (χ1n) is 6.92. The average Bonchev–Trinajstić information content (AvgIpc) is 2.38. The lowest BCUT2D eigenvalue weighted by Crippen LogP contribution is -2.37. The van der Waals surface area contributed by atoms with Crippen LogP contribution in [0.1, 0.15) is 20.3 Å². The van der Waals surface area contributed by atoms with Gasteiger partial charge in [-0.15, -0.1) is 0 Å². The Kier molecular flexibility index (Phi) is 13.1. The van der Waals surface area contributed by atoms with E-state index in [-0.39, 0.29) is 0 Å². The van der Waals surface area contributed by atoms with Gasteiger partial charge in [-0.25, -0.2) is 0 Å². The fourth-order valence-corrected chi connectivity index (χ4v) is 1.67. The number of hydrogen-bond acceptors (Lipinski definition) is 5. The van der Waals surface area contributed by atoms with Crippen molar-refractivity contribution >= 4 is 0 Å². The van der Waals surface area contributed by atoms with Crippen molar-refractivity contribution in [3.05, 3.63) is 0 Å². The molecule has 0 amide bonds. The minimum atomic E-state index is -0.442. The molecule has 0 saturated heterocycles. The number of hydrogen-bond donors (Lipinski definition) is 2. The van der Waals surface area contributed by atoms with Crippen molar-refractivity contribution in [2.75, 3.05) is 59.7 Å². The van der Waals surface area contributed by atoms with E-state index in [9.17, 15) is 5.11 Å². The van der Waals surface area contributed by atoms with Crippen molar-refractivity contribution in [3.63, 3.8) is 0 Å². The summed E-state index contributed by atoms with van der Waals surface area (Å²) in [4.78, 5) is 2.40. The first-order chi connectivity index (χ1) is 8.74. The third kappa shape index (κ3) is 10.9. The van der Waals surface area contributed by atoms with Gasteiger partial charge in [0.2, 0.25) is 0 Å². The van der Waals surface area contributed by atoms with Crippen molar-refractivity contribution in [2.45, 2.75) is 26.4 Å². The molecule has 1 atom stereocenters. The van der Waals surface area contributed by atoms with Crippen LogP contribution < -0.4 is 5.32 Å². The Labute approximate surface area is 111 Å². The molecule has 0 heterocycles. The normalized spacial score (nSPS) is 13.2. The predicted octanol–water partition coefficient (Wildman–Crippen LogP) is 0.332. The van der Waals surface area contributed by atoms with Crippen LogP contribution in [0.4, 0.5) is 0 Å². The van der Waals surface area contributed by atoms with Crippen LogP contribution in [0.2, 0.25) is 0 Å². The quantitative estimate of drug-likeness (QED) is 0.469. The number of rotatable bonds is 13. The molecule has 0 aliphatic rings. The molecule has 0 aromatic heterocycles. The maximum Gasteiger partial charge on any atom is 0.0897 e. The van der Waals surface area contributed by atoms with Crippen LogP contribution in [-0.2, 0) is 9.47 Å². The van der Waals surface area contributed by atoms with Gasteiger partial charge in [0, 0.05) is 26.7 Å². The van der Waals surface area contributed by atoms with E-state index < -0.39 is 6.10 Å². The van der Waals surface area contributed by atoms with E-state index >= 15 is 0 Å². The van der Waals surface area contributed by atoms with Gasteiger partial charge in [0.25, 0.3) is 0 Å². The maximum atomic E-state index is 9.63. The first-order valence-corrected chi connectivity index (χ1v) is 6.92. The molecule has 110 valence electrons. The standard InChI is InChI=1S/C13H30N2O3/c1-4-7-15(5-2)8-6-14-11-13(16)12-18-10-9-17-3/h13-14,16H,4-12H2,1-3H3. The van der Waals surface area contributed by atoms with Crippen LogP contribution in [0.3, 0.4) is 0 Å². The highest BCUT2D eigenvalue weighted by atomic mass is 16.5. The van der Waals surface area contributed by atoms with Gasteiger partial charge >= 0.3 is 0 Å². The van der Waals surface area contributed by atoms with Gasteiger partial charge in [-0.3, -0.25) is 0 Å². The predicted molar refractivity (Wildman–Crippen MR) is 74.0 cm³/mol. The molecule has 5 heteroatoms. The molecular formula is C13H30N2O3. The molecule has 1 unspecified atom stereocenters. The van der Waals surface area contributed by atoms with Gasteiger partial charge in [0.1, 0.15) is 0 Å². The SMILES string of the molecule is CCCN(CC)CCNCC(O)COCCOC. The lowest BCUT2D eigenvalue weighted by molar-refractivity contribution is 0.0137. The molecule has 5 nitrogen and oxygen atoms in total. The molecule has 0 aromatic rings. The van der Waals surface area contributed by atoms with Gasteiger partial charge in [-0.05, 0) is 19.5 Å². The van der Waals surface area contributed by atoms with Crippen molar-refractivity contribution in [2.24, 2.45) is 0 Å². The number of aliphatic hydroxyl groups excluding tert-OH is 1. The second-order valence-corrected chi connectivity index (χ2v) is 4.36. The van der Waals surface area contributed by atoms with Crippen molar-refractivity contribution in [1.29, 1.82) is 0 Å². The highest BCUT2D eigenvalue weighted by molar-refractivity contribution is 4.61. The lowest BCUT2D eigenvalue weighted by atomic mass is 10.3. The molecule has 2 N–H and O–H groups in total. The van der Waals surface area contributed by atoms with E-state index in [4.69, 9.17) is 9.47 Å². The van der Waals surface area contributed by atoms with Crippen molar-refractivity contribution in [1.82, 2.24) is 10.2 Å². The van der Waals surface area contributed by atoms with Gasteiger partial charge in [0.05, 0.1) is 25.9 Å². The topological polar surface area (TPSA) is 54.0 Å². The highest BCUT2D eigenvalue weighted by Gasteiger charge is 2.04. The Morgan fingerprint density at radius 3 is 2.61 bits per heavy atom. The van der Waals surface area contributed by atoms with Crippen LogP contribution in [0.5, 0.6) is 0 Å². The van der Waals surface area contributed by atoms with Crippen LogP contribution in [0.25, 0.3) is 0 Å². The van der Waals surface area contributed by atoms with E-state index in [2.05, 4.69) is 24.1 Å². The minimum absolute atomic E-state index is 0.364. The summed E-state index contributed by atoms with van der Waals surface area (Å²) in [5.41, 5.74) is 0. The van der Waals surface area contributed by atoms with E-state index in [1.54, 1.807) is 7.11 Å². The Morgan fingerprint density at radius 2 is 2.00 bits per heavy atom. The Balaban J connectivity index is 3.35. The average molecular weight is 262 g/mol. The molecule has 0 spiro atoms. The zero-order valence-corrected chi connectivity index (χ0v) is 12.2. The van der Waals surface area contributed by atoms with Gasteiger partial charge in [-0.2, -0.15) is 0 Å². The second kappa shape index (κ2) is 13.2. The van der Waals surface area contributed by atoms with Crippen LogP contribution >= 0.6 is 0 Å². The molecule has 0 aliphatic heterocycles. The van der Waals surface area contributed by atoms with Gasteiger partial charge < -0.3 is 24.8 Å². The summed E-state index contributed by atoms with van der Waals surface area (Å²) in [5, 5.41) is 12.9. The fourth-order valence-electron chi connectivity index (χ4n) is 1.67. The lowest BCUT2D eigenvalue weighted by Gasteiger charge is -2.20. The van der Waals surface area contributed by atoms with Crippen LogP contribution in [-0.4, -0.2) is 75.8 Å². The van der Waals surface area contributed by atoms with Gasteiger partial charge in [0.15, 0.2) is 0 Å². The number of methoxy groups -OCH3 is 1. The Bertz CT molecular complexity index is 170. The van der Waals surface area contributed by atoms with Crippen molar-refractivity contribution in [3.8, 4) is 0 Å². The molecule has 0 fully saturated rings. The number of likely N-dealkylation sites (N-methyl/N-ethyl adjacent to an activating group) is 1. The number of ether oxygens (including phenoxy) is 2. The van der Waals surface area contributed by atoms with E-state index in [0.717, 1.165) is 26.2 Å². The fraction of sp³-hybridized carbons (Fsp3) is 1.00. The van der Waals surface area contributed by atoms with Crippen LogP contribution in [0, 0.1) is 0 Å². The molecule has 0 aromatic carbocycles. The summed E-state index contributed by atoms with van der Waals surface area (Å²) in [5.74, 6) is 0. The second-order valence-electron chi connectivity index (χ2n) is 4.36. The molecule has 0 bridgehead atoms. The zero-order valence-electron chi connectivity index (χ0n) is 12.2. The zero-order chi connectivity index (χ0) is 13.6. The smallest absolute Gasteiger partial charge is 0.0897 e. The molecule has 0 radical (unpaired) electrons. The molecule has 0 aliphatic carbocycles. The summed E-state index contributed by atoms with van der Waals surface area (Å²) in [6, 6.07) is 0. The Hall–Kier alpha value is -0.200. The van der Waals surface area contributed by atoms with E-state index in [0.29, 0.717) is 26.4 Å². The monoisotopic (exact) mass is 262 g/mol. The minimum Gasteiger partial charge on any atom is -0.389 e. The maximum absolute atomic E-state index is 9.63. The molecular weight excluding hydrogens is 232 g/mol. The van der Waals surface area contributed by atoms with Crippen molar-refractivity contribution < 1.29 is 14.6 Å². The first kappa shape index (κ1) is 17.8. The molecule has 0 saturated carbocycles. The Morgan fingerprint density at radius 1 is 1.22 bits per heavy atom. The molecule has 0 rings (SSSR count). The summed E-state index contributed by atoms with van der Waals surface area (Å²) in [6.07, 6.45) is 0.743. The van der Waals surface area contributed by atoms with E-state index in [1.165, 1.54) is 6.42 Å².